The highest BCUT2D eigenvalue weighted by molar-refractivity contribution is 6.12. The van der Waals surface area contributed by atoms with Crippen LogP contribution in [0.3, 0.4) is 0 Å². The fourth-order valence-electron chi connectivity index (χ4n) is 2.75. The van der Waals surface area contributed by atoms with Gasteiger partial charge in [-0.3, -0.25) is 19.8 Å². The predicted molar refractivity (Wildman–Crippen MR) is 82.5 cm³/mol. The van der Waals surface area contributed by atoms with Crippen LogP contribution in [0.4, 0.5) is 30.4 Å². The summed E-state index contributed by atoms with van der Waals surface area (Å²) in [4.78, 5) is 28.1. The van der Waals surface area contributed by atoms with Crippen LogP contribution in [0.2, 0.25) is 0 Å². The van der Waals surface area contributed by atoms with Crippen molar-refractivity contribution in [2.75, 3.05) is 4.90 Å². The van der Waals surface area contributed by atoms with Gasteiger partial charge in [-0.1, -0.05) is 0 Å². The van der Waals surface area contributed by atoms with E-state index in [0.29, 0.717) is 17.4 Å². The standard InChI is InChI=1S/C16H12F3N3O3/c1-15(2)11-7-10(22(24)25)4-5-12(11)21(14(15)23)13-6-3-9(8-20-13)16(17,18)19/h3-8H,1-2H3. The average Bonchev–Trinajstić information content (AvgIpc) is 2.73. The molecule has 1 aliphatic heterocycles. The number of rotatable bonds is 2. The predicted octanol–water partition coefficient (Wildman–Crippen LogP) is 3.96. The van der Waals surface area contributed by atoms with Crippen molar-refractivity contribution in [1.29, 1.82) is 0 Å². The van der Waals surface area contributed by atoms with Gasteiger partial charge in [0, 0.05) is 18.3 Å². The third-order valence-corrected chi connectivity index (χ3v) is 4.15. The Morgan fingerprint density at radius 2 is 1.88 bits per heavy atom. The molecule has 1 aliphatic rings. The first-order chi connectivity index (χ1) is 11.5. The van der Waals surface area contributed by atoms with E-state index in [4.69, 9.17) is 0 Å². The smallest absolute Gasteiger partial charge is 0.273 e. The minimum absolute atomic E-state index is 0.0266. The molecule has 2 heterocycles. The van der Waals surface area contributed by atoms with Gasteiger partial charge < -0.3 is 0 Å². The molecule has 25 heavy (non-hydrogen) atoms. The van der Waals surface area contributed by atoms with Crippen molar-refractivity contribution >= 4 is 23.1 Å². The molecular weight excluding hydrogens is 339 g/mol. The molecule has 6 nitrogen and oxygen atoms in total. The minimum atomic E-state index is -4.53. The van der Waals surface area contributed by atoms with Gasteiger partial charge in [-0.25, -0.2) is 4.98 Å². The van der Waals surface area contributed by atoms with Gasteiger partial charge in [0.15, 0.2) is 0 Å². The maximum Gasteiger partial charge on any atom is 0.417 e. The number of benzene rings is 1. The number of fused-ring (bicyclic) bond motifs is 1. The number of amides is 1. The molecule has 0 saturated carbocycles. The maximum atomic E-state index is 12.7. The van der Waals surface area contributed by atoms with E-state index in [2.05, 4.69) is 4.98 Å². The molecule has 0 aliphatic carbocycles. The number of carbonyl (C=O) groups excluding carboxylic acids is 1. The Labute approximate surface area is 140 Å². The molecule has 0 unspecified atom stereocenters. The molecule has 1 amide bonds. The number of nitrogens with zero attached hydrogens (tertiary/aromatic N) is 3. The Hall–Kier alpha value is -2.97. The van der Waals surface area contributed by atoms with Crippen LogP contribution < -0.4 is 4.90 Å². The first-order valence-electron chi connectivity index (χ1n) is 7.20. The summed E-state index contributed by atoms with van der Waals surface area (Å²) >= 11 is 0. The molecule has 1 aromatic carbocycles. The van der Waals surface area contributed by atoms with E-state index >= 15 is 0 Å². The van der Waals surface area contributed by atoms with Gasteiger partial charge in [0.25, 0.3) is 5.69 Å². The average molecular weight is 351 g/mol. The lowest BCUT2D eigenvalue weighted by molar-refractivity contribution is -0.384. The summed E-state index contributed by atoms with van der Waals surface area (Å²) in [6.07, 6.45) is -3.88. The Morgan fingerprint density at radius 1 is 1.20 bits per heavy atom. The summed E-state index contributed by atoms with van der Waals surface area (Å²) < 4.78 is 38.0. The summed E-state index contributed by atoms with van der Waals surface area (Å²) in [6, 6.07) is 5.89. The van der Waals surface area contributed by atoms with Crippen LogP contribution in [0.15, 0.2) is 36.5 Å². The van der Waals surface area contributed by atoms with Crippen LogP contribution in [0, 0.1) is 10.1 Å². The van der Waals surface area contributed by atoms with Crippen molar-refractivity contribution in [3.63, 3.8) is 0 Å². The molecule has 0 fully saturated rings. The lowest BCUT2D eigenvalue weighted by Gasteiger charge is -2.19. The SMILES string of the molecule is CC1(C)C(=O)N(c2ccc(C(F)(F)F)cn2)c2ccc([N+](=O)[O-])cc21. The maximum absolute atomic E-state index is 12.7. The minimum Gasteiger partial charge on any atom is -0.273 e. The van der Waals surface area contributed by atoms with Crippen LogP contribution in [0.1, 0.15) is 25.0 Å². The molecule has 0 bridgehead atoms. The van der Waals surface area contributed by atoms with Crippen molar-refractivity contribution in [3.05, 3.63) is 57.8 Å². The fraction of sp³-hybridized carbons (Fsp3) is 0.250. The second kappa shape index (κ2) is 5.27. The zero-order valence-electron chi connectivity index (χ0n) is 13.2. The lowest BCUT2D eigenvalue weighted by Crippen LogP contribution is -2.33. The number of anilines is 2. The quantitative estimate of drug-likeness (QED) is 0.606. The van der Waals surface area contributed by atoms with Gasteiger partial charge in [-0.2, -0.15) is 13.2 Å². The molecule has 0 radical (unpaired) electrons. The van der Waals surface area contributed by atoms with Crippen LogP contribution in [0.5, 0.6) is 0 Å². The normalized spacial score (nSPS) is 16.0. The van der Waals surface area contributed by atoms with Crippen molar-refractivity contribution < 1.29 is 22.9 Å². The number of non-ortho nitro benzene ring substituents is 1. The van der Waals surface area contributed by atoms with Crippen molar-refractivity contribution in [2.45, 2.75) is 25.4 Å². The highest BCUT2D eigenvalue weighted by Crippen LogP contribution is 2.46. The first kappa shape index (κ1) is 16.9. The Morgan fingerprint density at radius 3 is 2.40 bits per heavy atom. The van der Waals surface area contributed by atoms with Crippen LogP contribution in [-0.2, 0) is 16.4 Å². The monoisotopic (exact) mass is 351 g/mol. The summed E-state index contributed by atoms with van der Waals surface area (Å²) in [7, 11) is 0. The lowest BCUT2D eigenvalue weighted by atomic mass is 9.86. The molecule has 9 heteroatoms. The number of halogens is 3. The molecule has 0 saturated heterocycles. The highest BCUT2D eigenvalue weighted by Gasteiger charge is 2.46. The zero-order chi connectivity index (χ0) is 18.6. The highest BCUT2D eigenvalue weighted by atomic mass is 19.4. The van der Waals surface area contributed by atoms with E-state index in [1.165, 1.54) is 23.1 Å². The Bertz CT molecular complexity index is 876. The number of nitro benzene ring substituents is 1. The number of hydrogen-bond acceptors (Lipinski definition) is 4. The molecule has 0 atom stereocenters. The molecule has 2 aromatic rings. The second-order valence-corrected chi connectivity index (χ2v) is 6.13. The van der Waals surface area contributed by atoms with Gasteiger partial charge in [0.05, 0.1) is 21.6 Å². The van der Waals surface area contributed by atoms with Crippen LogP contribution in [0.25, 0.3) is 0 Å². The van der Waals surface area contributed by atoms with Gasteiger partial charge in [-0.05, 0) is 37.6 Å². The number of nitro groups is 1. The van der Waals surface area contributed by atoms with Crippen LogP contribution in [-0.4, -0.2) is 15.8 Å². The van der Waals surface area contributed by atoms with E-state index < -0.39 is 28.0 Å². The van der Waals surface area contributed by atoms with Gasteiger partial charge >= 0.3 is 6.18 Å². The largest absolute Gasteiger partial charge is 0.417 e. The molecule has 3 rings (SSSR count). The van der Waals surface area contributed by atoms with Crippen molar-refractivity contribution in [1.82, 2.24) is 4.98 Å². The number of alkyl halides is 3. The van der Waals surface area contributed by atoms with Crippen molar-refractivity contribution in [2.24, 2.45) is 0 Å². The van der Waals surface area contributed by atoms with E-state index in [-0.39, 0.29) is 11.5 Å². The summed E-state index contributed by atoms with van der Waals surface area (Å²) in [5, 5.41) is 11.0. The van der Waals surface area contributed by atoms with Gasteiger partial charge in [0.2, 0.25) is 5.91 Å². The number of pyridine rings is 1. The summed E-state index contributed by atoms with van der Waals surface area (Å²) in [6.45, 7) is 3.20. The van der Waals surface area contributed by atoms with Gasteiger partial charge in [0.1, 0.15) is 5.82 Å². The molecule has 130 valence electrons. The van der Waals surface area contributed by atoms with E-state index in [1.807, 2.05) is 0 Å². The zero-order valence-corrected chi connectivity index (χ0v) is 13.2. The van der Waals surface area contributed by atoms with E-state index in [1.54, 1.807) is 13.8 Å². The third kappa shape index (κ3) is 2.61. The Kier molecular flexibility index (Phi) is 3.55. The van der Waals surface area contributed by atoms with E-state index in [0.717, 1.165) is 12.1 Å². The van der Waals surface area contributed by atoms with Crippen molar-refractivity contribution in [3.8, 4) is 0 Å². The van der Waals surface area contributed by atoms with Crippen LogP contribution >= 0.6 is 0 Å². The molecule has 1 aromatic heterocycles. The number of aromatic nitrogens is 1. The fourth-order valence-corrected chi connectivity index (χ4v) is 2.75. The molecule has 0 spiro atoms. The summed E-state index contributed by atoms with van der Waals surface area (Å²) in [5.41, 5.74) is -1.36. The number of carbonyl (C=O) groups is 1. The molecular formula is C16H12F3N3O3. The number of hydrogen-bond donors (Lipinski definition) is 0. The Balaban J connectivity index is 2.10. The second-order valence-electron chi connectivity index (χ2n) is 6.13. The first-order valence-corrected chi connectivity index (χ1v) is 7.20. The van der Waals surface area contributed by atoms with E-state index in [9.17, 15) is 28.1 Å². The summed E-state index contributed by atoms with van der Waals surface area (Å²) in [5.74, 6) is -0.395. The van der Waals surface area contributed by atoms with Gasteiger partial charge in [-0.15, -0.1) is 0 Å². The third-order valence-electron chi connectivity index (χ3n) is 4.15. The molecule has 0 N–H and O–H groups in total. The topological polar surface area (TPSA) is 76.3 Å².